The van der Waals surface area contributed by atoms with Gasteiger partial charge < -0.3 is 14.5 Å². The molecule has 12 rings (SSSR count). The van der Waals surface area contributed by atoms with Gasteiger partial charge in [0.1, 0.15) is 0 Å². The van der Waals surface area contributed by atoms with Crippen LogP contribution in [0.15, 0.2) is 206 Å². The second kappa shape index (κ2) is 12.6. The van der Waals surface area contributed by atoms with E-state index in [0.29, 0.717) is 0 Å². The Labute approximate surface area is 345 Å². The molecule has 0 aromatic heterocycles. The van der Waals surface area contributed by atoms with Crippen LogP contribution in [-0.2, 0) is 10.8 Å². The Hall–Kier alpha value is -7.36. The third-order valence-corrected chi connectivity index (χ3v) is 13.1. The Morgan fingerprint density at radius 2 is 1.02 bits per heavy atom. The zero-order valence-corrected chi connectivity index (χ0v) is 32.9. The molecule has 59 heavy (non-hydrogen) atoms. The molecule has 0 bridgehead atoms. The predicted molar refractivity (Wildman–Crippen MR) is 243 cm³/mol. The second-order valence-corrected chi connectivity index (χ2v) is 16.5. The fraction of sp³-hybridized carbons (Fsp3) is 0.0714. The van der Waals surface area contributed by atoms with Crippen molar-refractivity contribution in [3.63, 3.8) is 0 Å². The van der Waals surface area contributed by atoms with Crippen molar-refractivity contribution in [2.75, 3.05) is 9.80 Å². The summed E-state index contributed by atoms with van der Waals surface area (Å²) in [6.07, 6.45) is 0. The maximum atomic E-state index is 6.71. The molecule has 3 nitrogen and oxygen atoms in total. The number of hydrogen-bond donors (Lipinski definition) is 0. The lowest BCUT2D eigenvalue weighted by molar-refractivity contribution is 0.472. The molecule has 0 atom stereocenters. The average molecular weight is 757 g/mol. The van der Waals surface area contributed by atoms with Gasteiger partial charge in [-0.05, 0) is 104 Å². The fourth-order valence-electron chi connectivity index (χ4n) is 10.5. The lowest BCUT2D eigenvalue weighted by atomic mass is 9.67. The Kier molecular flexibility index (Phi) is 7.19. The highest BCUT2D eigenvalue weighted by Crippen LogP contribution is 2.62. The molecule has 3 aliphatic rings. The fourth-order valence-corrected chi connectivity index (χ4v) is 10.5. The van der Waals surface area contributed by atoms with Crippen molar-refractivity contribution in [1.82, 2.24) is 0 Å². The summed E-state index contributed by atoms with van der Waals surface area (Å²) in [6.45, 7) is 4.71. The zero-order valence-electron chi connectivity index (χ0n) is 32.9. The van der Waals surface area contributed by atoms with Crippen LogP contribution in [0, 0.1) is 0 Å². The molecule has 3 heteroatoms. The van der Waals surface area contributed by atoms with E-state index < -0.39 is 5.41 Å². The SMILES string of the molecule is CC1(C)c2cc(N(c3ccccc3)c3ccc4c(c3)C(c3ccccc3)(c3ccccc3)c3ccccc3-4)ccc2N2c3c(cccc31)Oc1ccc3ccccc3c12. The van der Waals surface area contributed by atoms with Gasteiger partial charge in [-0.25, -0.2) is 0 Å². The zero-order chi connectivity index (χ0) is 39.3. The number of hydrogen-bond acceptors (Lipinski definition) is 3. The summed E-state index contributed by atoms with van der Waals surface area (Å²) in [5, 5.41) is 2.36. The Morgan fingerprint density at radius 3 is 1.78 bits per heavy atom. The first-order valence-corrected chi connectivity index (χ1v) is 20.5. The van der Waals surface area contributed by atoms with Gasteiger partial charge in [0.15, 0.2) is 11.5 Å². The normalized spacial score (nSPS) is 14.6. The molecule has 0 unspecified atom stereocenters. The minimum atomic E-state index is -0.501. The average Bonchev–Trinajstić information content (AvgIpc) is 3.59. The van der Waals surface area contributed by atoms with Crippen LogP contribution in [0.4, 0.5) is 34.1 Å². The van der Waals surface area contributed by atoms with Gasteiger partial charge in [-0.3, -0.25) is 0 Å². The highest BCUT2D eigenvalue weighted by atomic mass is 16.5. The van der Waals surface area contributed by atoms with Crippen LogP contribution in [-0.4, -0.2) is 0 Å². The molecule has 2 aliphatic heterocycles. The molecule has 1 aliphatic carbocycles. The van der Waals surface area contributed by atoms with E-state index in [1.807, 2.05) is 0 Å². The van der Waals surface area contributed by atoms with Gasteiger partial charge in [0.25, 0.3) is 0 Å². The van der Waals surface area contributed by atoms with Crippen LogP contribution in [0.2, 0.25) is 0 Å². The van der Waals surface area contributed by atoms with Crippen LogP contribution >= 0.6 is 0 Å². The third-order valence-electron chi connectivity index (χ3n) is 13.1. The highest BCUT2D eigenvalue weighted by Gasteiger charge is 2.47. The number of ether oxygens (including phenoxy) is 1. The standard InChI is InChI=1S/C56H40N2O/c1-55(2)47-27-16-28-51-54(47)58(53-43-24-13-12-17-37(43)29-34-52(53)59-51)50-33-31-42(36-49(50)55)57(40-22-10-5-11-23-40)41-30-32-45-44-25-14-15-26-46(44)56(48(45)35-41,38-18-6-3-7-19-38)39-20-8-4-9-21-39/h3-36H,1-2H3. The van der Waals surface area contributed by atoms with Gasteiger partial charge in [0.2, 0.25) is 0 Å². The van der Waals surface area contributed by atoms with Crippen LogP contribution in [0.3, 0.4) is 0 Å². The maximum absolute atomic E-state index is 6.71. The summed E-state index contributed by atoms with van der Waals surface area (Å²) in [5.74, 6) is 1.76. The van der Waals surface area contributed by atoms with Crippen molar-refractivity contribution >= 4 is 44.9 Å². The van der Waals surface area contributed by atoms with Gasteiger partial charge in [-0.15, -0.1) is 0 Å². The largest absolute Gasteiger partial charge is 0.453 e. The quantitative estimate of drug-likeness (QED) is 0.174. The molecule has 0 saturated carbocycles. The molecule has 9 aromatic rings. The maximum Gasteiger partial charge on any atom is 0.152 e. The van der Waals surface area contributed by atoms with Crippen molar-refractivity contribution in [3.05, 3.63) is 240 Å². The first-order chi connectivity index (χ1) is 29.0. The number of fused-ring (bicyclic) bond motifs is 9. The molecule has 0 saturated heterocycles. The first kappa shape index (κ1) is 33.7. The second-order valence-electron chi connectivity index (χ2n) is 16.5. The summed E-state index contributed by atoms with van der Waals surface area (Å²) in [6, 6.07) is 75.5. The summed E-state index contributed by atoms with van der Waals surface area (Å²) < 4.78 is 6.71. The lowest BCUT2D eigenvalue weighted by Crippen LogP contribution is -2.32. The van der Waals surface area contributed by atoms with Crippen LogP contribution in [0.5, 0.6) is 11.5 Å². The van der Waals surface area contributed by atoms with E-state index in [9.17, 15) is 0 Å². The van der Waals surface area contributed by atoms with E-state index in [2.05, 4.69) is 230 Å². The van der Waals surface area contributed by atoms with Crippen molar-refractivity contribution in [2.24, 2.45) is 0 Å². The summed E-state index contributed by atoms with van der Waals surface area (Å²) in [5.41, 5.74) is 16.0. The molecule has 280 valence electrons. The number of anilines is 6. The number of nitrogens with zero attached hydrogens (tertiary/aromatic N) is 2. The van der Waals surface area contributed by atoms with Gasteiger partial charge >= 0.3 is 0 Å². The minimum absolute atomic E-state index is 0.323. The van der Waals surface area contributed by atoms with Crippen LogP contribution < -0.4 is 14.5 Å². The number of para-hydroxylation sites is 2. The topological polar surface area (TPSA) is 15.7 Å². The van der Waals surface area contributed by atoms with Gasteiger partial charge in [0.05, 0.1) is 22.5 Å². The molecule has 0 fully saturated rings. The summed E-state index contributed by atoms with van der Waals surface area (Å²) >= 11 is 0. The predicted octanol–water partition coefficient (Wildman–Crippen LogP) is 14.9. The van der Waals surface area contributed by atoms with E-state index in [4.69, 9.17) is 4.74 Å². The molecule has 2 heterocycles. The first-order valence-electron chi connectivity index (χ1n) is 20.5. The van der Waals surface area contributed by atoms with Crippen LogP contribution in [0.25, 0.3) is 21.9 Å². The smallest absolute Gasteiger partial charge is 0.152 e. The van der Waals surface area contributed by atoms with Crippen molar-refractivity contribution < 1.29 is 4.74 Å². The van der Waals surface area contributed by atoms with E-state index in [1.165, 1.54) is 61.0 Å². The molecule has 9 aromatic carbocycles. The summed E-state index contributed by atoms with van der Waals surface area (Å²) in [4.78, 5) is 4.90. The highest BCUT2D eigenvalue weighted by molar-refractivity contribution is 6.06. The van der Waals surface area contributed by atoms with E-state index >= 15 is 0 Å². The Morgan fingerprint density at radius 1 is 0.424 bits per heavy atom. The van der Waals surface area contributed by atoms with Gasteiger partial charge in [-0.1, -0.05) is 166 Å². The van der Waals surface area contributed by atoms with Crippen LogP contribution in [0.1, 0.15) is 47.2 Å². The van der Waals surface area contributed by atoms with E-state index in [1.54, 1.807) is 0 Å². The van der Waals surface area contributed by atoms with Crippen molar-refractivity contribution in [2.45, 2.75) is 24.7 Å². The molecule has 0 amide bonds. The Balaban J connectivity index is 1.10. The molecule has 0 spiro atoms. The van der Waals surface area contributed by atoms with Crippen molar-refractivity contribution in [3.8, 4) is 22.6 Å². The number of rotatable bonds is 5. The molecular weight excluding hydrogens is 717 g/mol. The molecular formula is C56H40N2O. The van der Waals surface area contributed by atoms with Gasteiger partial charge in [-0.2, -0.15) is 0 Å². The third kappa shape index (κ3) is 4.70. The molecule has 0 radical (unpaired) electrons. The Bertz CT molecular complexity index is 3080. The minimum Gasteiger partial charge on any atom is -0.453 e. The monoisotopic (exact) mass is 756 g/mol. The lowest BCUT2D eigenvalue weighted by Gasteiger charge is -2.45. The van der Waals surface area contributed by atoms with E-state index in [0.717, 1.165) is 39.9 Å². The molecule has 0 N–H and O–H groups in total. The van der Waals surface area contributed by atoms with E-state index in [-0.39, 0.29) is 5.41 Å². The van der Waals surface area contributed by atoms with Gasteiger partial charge in [0, 0.05) is 27.9 Å². The summed E-state index contributed by atoms with van der Waals surface area (Å²) in [7, 11) is 0. The van der Waals surface area contributed by atoms with Crippen molar-refractivity contribution in [1.29, 1.82) is 0 Å². The number of benzene rings is 9.